The third-order valence-electron chi connectivity index (χ3n) is 1.29. The Balaban J connectivity index is 3.87. The minimum absolute atomic E-state index is 0.0470. The van der Waals surface area contributed by atoms with Gasteiger partial charge in [0.15, 0.2) is 0 Å². The molecule has 0 rings (SSSR count). The van der Waals surface area contributed by atoms with Crippen molar-refractivity contribution in [1.82, 2.24) is 10.8 Å². The van der Waals surface area contributed by atoms with Crippen LogP contribution in [0, 0.1) is 0 Å². The molecule has 0 radical (unpaired) electrons. The van der Waals surface area contributed by atoms with Gasteiger partial charge in [0.2, 0.25) is 0 Å². The highest BCUT2D eigenvalue weighted by molar-refractivity contribution is 5.68. The summed E-state index contributed by atoms with van der Waals surface area (Å²) in [5, 5.41) is 11.1. The van der Waals surface area contributed by atoms with Gasteiger partial charge in [0.1, 0.15) is 6.61 Å². The lowest BCUT2D eigenvalue weighted by Crippen LogP contribution is -2.52. The average Bonchev–Trinajstić information content (AvgIpc) is 1.98. The molecule has 0 unspecified atom stereocenters. The van der Waals surface area contributed by atoms with Gasteiger partial charge in [-0.15, -0.1) is 0 Å². The first-order chi connectivity index (χ1) is 6.16. The molecule has 0 bridgehead atoms. The van der Waals surface area contributed by atoms with Crippen LogP contribution in [0.25, 0.3) is 0 Å². The van der Waals surface area contributed by atoms with E-state index in [2.05, 4.69) is 5.32 Å². The molecule has 0 atom stereocenters. The van der Waals surface area contributed by atoms with Gasteiger partial charge in [0.05, 0.1) is 11.2 Å². The van der Waals surface area contributed by atoms with Crippen LogP contribution in [0.2, 0.25) is 0 Å². The van der Waals surface area contributed by atoms with Gasteiger partial charge in [0.25, 0.3) is 0 Å². The Hall–Kier alpha value is -0.850. The Morgan fingerprint density at radius 2 is 1.93 bits per heavy atom. The van der Waals surface area contributed by atoms with E-state index in [1.54, 1.807) is 27.7 Å². The first kappa shape index (κ1) is 13.2. The van der Waals surface area contributed by atoms with Gasteiger partial charge in [-0.25, -0.2) is 4.79 Å². The third kappa shape index (κ3) is 6.64. The highest BCUT2D eigenvalue weighted by atomic mass is 16.6. The lowest BCUT2D eigenvalue weighted by Gasteiger charge is -2.24. The average molecular weight is 205 g/mol. The van der Waals surface area contributed by atoms with Gasteiger partial charge in [-0.2, -0.15) is 5.48 Å². The molecule has 0 aromatic rings. The van der Waals surface area contributed by atoms with Gasteiger partial charge in [-0.1, -0.05) is 0 Å². The lowest BCUT2D eigenvalue weighted by atomic mass is 10.1. The first-order valence-electron chi connectivity index (χ1n) is 4.31. The monoisotopic (exact) mass is 205 g/mol. The predicted molar refractivity (Wildman–Crippen MR) is 51.8 cm³/mol. The van der Waals surface area contributed by atoms with Gasteiger partial charge in [-0.05, 0) is 27.7 Å². The molecule has 0 aliphatic heterocycles. The molecule has 0 aliphatic rings. The molecule has 0 aliphatic carbocycles. The molecule has 5 N–H and O–H groups in total. The van der Waals surface area contributed by atoms with Crippen LogP contribution < -0.4 is 16.5 Å². The zero-order chi connectivity index (χ0) is 11.4. The summed E-state index contributed by atoms with van der Waals surface area (Å²) in [6, 6.07) is 0. The van der Waals surface area contributed by atoms with Crippen molar-refractivity contribution in [3.63, 3.8) is 0 Å². The van der Waals surface area contributed by atoms with Gasteiger partial charge in [0, 0.05) is 0 Å². The van der Waals surface area contributed by atoms with E-state index >= 15 is 0 Å². The molecule has 14 heavy (non-hydrogen) atoms. The summed E-state index contributed by atoms with van der Waals surface area (Å²) in [6.45, 7) is 6.71. The highest BCUT2D eigenvalue weighted by Crippen LogP contribution is 2.01. The molecule has 0 heterocycles. The molecule has 84 valence electrons. The van der Waals surface area contributed by atoms with Crippen LogP contribution in [-0.4, -0.2) is 29.1 Å². The number of hydrogen-bond donors (Lipinski definition) is 4. The number of amides is 1. The second kappa shape index (κ2) is 4.59. The van der Waals surface area contributed by atoms with Crippen molar-refractivity contribution < 1.29 is 14.7 Å². The molecule has 0 fully saturated rings. The minimum atomic E-state index is -0.812. The van der Waals surface area contributed by atoms with Crippen LogP contribution in [0.3, 0.4) is 0 Å². The normalized spacial score (nSPS) is 12.4. The molecule has 0 saturated heterocycles. The zero-order valence-corrected chi connectivity index (χ0v) is 9.05. The Labute approximate surface area is 83.8 Å². The van der Waals surface area contributed by atoms with E-state index in [0.29, 0.717) is 0 Å². The van der Waals surface area contributed by atoms with Crippen molar-refractivity contribution in [1.29, 1.82) is 0 Å². The molecule has 1 amide bonds. The second-order valence-electron chi connectivity index (χ2n) is 4.42. The van der Waals surface area contributed by atoms with Crippen molar-refractivity contribution in [2.75, 3.05) is 6.61 Å². The summed E-state index contributed by atoms with van der Waals surface area (Å²) in [5.74, 6) is 0. The van der Waals surface area contributed by atoms with Gasteiger partial charge >= 0.3 is 6.09 Å². The summed E-state index contributed by atoms with van der Waals surface area (Å²) in [7, 11) is 0. The lowest BCUT2D eigenvalue weighted by molar-refractivity contribution is 0.0308. The second-order valence-corrected chi connectivity index (χ2v) is 4.42. The van der Waals surface area contributed by atoms with E-state index in [1.165, 1.54) is 0 Å². The molecular formula is C8H19N3O3. The molecule has 0 saturated carbocycles. The number of ether oxygens (including phenoxy) is 1. The van der Waals surface area contributed by atoms with Crippen LogP contribution in [0.4, 0.5) is 4.79 Å². The van der Waals surface area contributed by atoms with Crippen LogP contribution in [0.1, 0.15) is 27.7 Å². The summed E-state index contributed by atoms with van der Waals surface area (Å²) in [4.78, 5) is 11.1. The van der Waals surface area contributed by atoms with Crippen molar-refractivity contribution >= 4 is 6.09 Å². The largest absolute Gasteiger partial charge is 0.447 e. The number of nitrogens with one attached hydrogen (secondary N) is 2. The SMILES string of the molecule is CC(C)(N)NC(=O)OCC(C)(C)NO. The Morgan fingerprint density at radius 3 is 2.29 bits per heavy atom. The van der Waals surface area contributed by atoms with Crippen LogP contribution in [-0.2, 0) is 4.74 Å². The summed E-state index contributed by atoms with van der Waals surface area (Å²) >= 11 is 0. The van der Waals surface area contributed by atoms with E-state index in [4.69, 9.17) is 15.7 Å². The first-order valence-corrected chi connectivity index (χ1v) is 4.31. The van der Waals surface area contributed by atoms with Gasteiger partial charge in [-0.3, -0.25) is 0 Å². The summed E-state index contributed by atoms with van der Waals surface area (Å²) in [6.07, 6.45) is -0.610. The maximum Gasteiger partial charge on any atom is 0.408 e. The Bertz CT molecular complexity index is 198. The number of rotatable bonds is 4. The maximum atomic E-state index is 11.1. The van der Waals surface area contributed by atoms with Crippen LogP contribution >= 0.6 is 0 Å². The standard InChI is InChI=1S/C8H19N3O3/c1-7(2,11-13)5-14-6(12)10-8(3,4)9/h11,13H,5,9H2,1-4H3,(H,10,12). The fourth-order valence-corrected chi connectivity index (χ4v) is 0.577. The van der Waals surface area contributed by atoms with Crippen molar-refractivity contribution in [2.24, 2.45) is 5.73 Å². The van der Waals surface area contributed by atoms with E-state index in [1.807, 2.05) is 5.48 Å². The predicted octanol–water partition coefficient (Wildman–Crippen LogP) is 0.165. The molecule has 0 aromatic carbocycles. The summed E-state index contributed by atoms with van der Waals surface area (Å²) in [5.41, 5.74) is 6.07. The van der Waals surface area contributed by atoms with Crippen molar-refractivity contribution in [2.45, 2.75) is 38.9 Å². The van der Waals surface area contributed by atoms with E-state index in [9.17, 15) is 4.79 Å². The molecular weight excluding hydrogens is 186 g/mol. The van der Waals surface area contributed by atoms with E-state index in [-0.39, 0.29) is 6.61 Å². The number of nitrogens with two attached hydrogens (primary N) is 1. The molecule has 0 spiro atoms. The maximum absolute atomic E-state index is 11.1. The molecule has 0 aromatic heterocycles. The smallest absolute Gasteiger partial charge is 0.408 e. The molecule has 6 heteroatoms. The van der Waals surface area contributed by atoms with Crippen LogP contribution in [0.15, 0.2) is 0 Å². The van der Waals surface area contributed by atoms with Gasteiger partial charge < -0.3 is 21.0 Å². The number of hydrogen-bond acceptors (Lipinski definition) is 5. The van der Waals surface area contributed by atoms with E-state index in [0.717, 1.165) is 0 Å². The fourth-order valence-electron chi connectivity index (χ4n) is 0.577. The van der Waals surface area contributed by atoms with Crippen molar-refractivity contribution in [3.05, 3.63) is 0 Å². The van der Waals surface area contributed by atoms with Crippen molar-refractivity contribution in [3.8, 4) is 0 Å². The Morgan fingerprint density at radius 1 is 1.43 bits per heavy atom. The quantitative estimate of drug-likeness (QED) is 0.387. The topological polar surface area (TPSA) is 96.6 Å². The zero-order valence-electron chi connectivity index (χ0n) is 9.05. The number of carbonyl (C=O) groups is 1. The number of hydroxylamine groups is 1. The molecule has 6 nitrogen and oxygen atoms in total. The third-order valence-corrected chi connectivity index (χ3v) is 1.29. The Kier molecular flexibility index (Phi) is 4.31. The minimum Gasteiger partial charge on any atom is -0.447 e. The number of carbonyl (C=O) groups excluding carboxylic acids is 1. The number of alkyl carbamates (subject to hydrolysis) is 1. The highest BCUT2D eigenvalue weighted by Gasteiger charge is 2.21. The van der Waals surface area contributed by atoms with Crippen LogP contribution in [0.5, 0.6) is 0 Å². The summed E-state index contributed by atoms with van der Waals surface area (Å²) < 4.78 is 4.82. The van der Waals surface area contributed by atoms with E-state index < -0.39 is 17.3 Å². The fraction of sp³-hybridized carbons (Fsp3) is 0.875.